The minimum Gasteiger partial charge on any atom is -0.493 e. The largest absolute Gasteiger partial charge is 0.493 e. The van der Waals surface area contributed by atoms with Gasteiger partial charge in [0.05, 0.1) is 13.7 Å². The average Bonchev–Trinajstić information content (AvgIpc) is 2.89. The van der Waals surface area contributed by atoms with Gasteiger partial charge in [0.1, 0.15) is 6.61 Å². The van der Waals surface area contributed by atoms with Gasteiger partial charge < -0.3 is 19.1 Å². The molecule has 0 atom stereocenters. The molecule has 2 aromatic carbocycles. The van der Waals surface area contributed by atoms with Crippen LogP contribution < -0.4 is 9.47 Å². The van der Waals surface area contributed by atoms with Gasteiger partial charge in [0.15, 0.2) is 23.1 Å². The van der Waals surface area contributed by atoms with E-state index in [4.69, 9.17) is 14.2 Å². The van der Waals surface area contributed by atoms with Crippen LogP contribution in [0.4, 0.5) is 0 Å². The number of hydrogen-bond donors (Lipinski definition) is 0. The lowest BCUT2D eigenvalue weighted by molar-refractivity contribution is -0.119. The molecular formula is C34H41NO5. The number of allylic oxidation sites excluding steroid dienone is 4. The second-order valence-corrected chi connectivity index (χ2v) is 12.9. The van der Waals surface area contributed by atoms with Gasteiger partial charge in [-0.25, -0.2) is 0 Å². The van der Waals surface area contributed by atoms with E-state index in [-0.39, 0.29) is 22.4 Å². The molecular weight excluding hydrogens is 502 g/mol. The number of Topliss-reactive ketones (excluding diaryl/α,β-unsaturated/α-hetero) is 2. The van der Waals surface area contributed by atoms with Gasteiger partial charge in [0, 0.05) is 55.0 Å². The minimum absolute atomic E-state index is 0.117. The van der Waals surface area contributed by atoms with Crippen molar-refractivity contribution < 1.29 is 23.8 Å². The highest BCUT2D eigenvalue weighted by atomic mass is 16.5. The zero-order valence-corrected chi connectivity index (χ0v) is 24.6. The van der Waals surface area contributed by atoms with Crippen molar-refractivity contribution in [3.63, 3.8) is 0 Å². The normalized spacial score (nSPS) is 20.4. The van der Waals surface area contributed by atoms with Gasteiger partial charge in [-0.05, 0) is 46.9 Å². The smallest absolute Gasteiger partial charge is 0.162 e. The summed E-state index contributed by atoms with van der Waals surface area (Å²) in [6.07, 6.45) is 2.46. The Kier molecular flexibility index (Phi) is 7.66. The topological polar surface area (TPSA) is 65.1 Å². The number of rotatable bonds is 8. The Morgan fingerprint density at radius 3 is 1.95 bits per heavy atom. The second-order valence-electron chi connectivity index (χ2n) is 12.9. The Labute approximate surface area is 238 Å². The van der Waals surface area contributed by atoms with E-state index < -0.39 is 5.92 Å². The first-order valence-electron chi connectivity index (χ1n) is 14.2. The molecule has 6 nitrogen and oxygen atoms in total. The Morgan fingerprint density at radius 2 is 1.40 bits per heavy atom. The van der Waals surface area contributed by atoms with Crippen LogP contribution in [-0.4, -0.2) is 43.8 Å². The summed E-state index contributed by atoms with van der Waals surface area (Å²) < 4.78 is 17.4. The molecule has 0 N–H and O–H groups in total. The van der Waals surface area contributed by atoms with Gasteiger partial charge in [-0.15, -0.1) is 0 Å². The third kappa shape index (κ3) is 5.46. The van der Waals surface area contributed by atoms with Crippen LogP contribution in [0, 0.1) is 10.8 Å². The Morgan fingerprint density at radius 1 is 0.800 bits per heavy atom. The molecule has 40 heavy (non-hydrogen) atoms. The van der Waals surface area contributed by atoms with Crippen LogP contribution in [-0.2, 0) is 20.9 Å². The average molecular weight is 544 g/mol. The van der Waals surface area contributed by atoms with Crippen LogP contribution in [0.3, 0.4) is 0 Å². The molecule has 5 rings (SSSR count). The van der Waals surface area contributed by atoms with Crippen LogP contribution in [0.5, 0.6) is 11.5 Å². The van der Waals surface area contributed by atoms with E-state index in [9.17, 15) is 9.59 Å². The second kappa shape index (κ2) is 10.9. The maximum atomic E-state index is 13.9. The molecule has 0 unspecified atom stereocenters. The van der Waals surface area contributed by atoms with Crippen LogP contribution in [0.2, 0.25) is 0 Å². The number of ketones is 2. The summed E-state index contributed by atoms with van der Waals surface area (Å²) in [5.41, 5.74) is 5.20. The first kappa shape index (κ1) is 28.2. The molecule has 0 fully saturated rings. The first-order valence-corrected chi connectivity index (χ1v) is 14.2. The number of nitrogens with zero attached hydrogens (tertiary/aromatic N) is 1. The summed E-state index contributed by atoms with van der Waals surface area (Å²) in [6, 6.07) is 15.8. The molecule has 0 bridgehead atoms. The molecule has 0 saturated carbocycles. The van der Waals surface area contributed by atoms with Crippen LogP contribution in [0.25, 0.3) is 0 Å². The lowest BCUT2D eigenvalue weighted by atomic mass is 9.63. The lowest BCUT2D eigenvalue weighted by Gasteiger charge is -2.49. The van der Waals surface area contributed by atoms with Crippen molar-refractivity contribution in [1.29, 1.82) is 0 Å². The van der Waals surface area contributed by atoms with Crippen molar-refractivity contribution in [3.05, 3.63) is 82.2 Å². The zero-order chi connectivity index (χ0) is 28.7. The summed E-state index contributed by atoms with van der Waals surface area (Å²) >= 11 is 0. The zero-order valence-electron chi connectivity index (χ0n) is 24.6. The lowest BCUT2D eigenvalue weighted by Crippen LogP contribution is -2.45. The van der Waals surface area contributed by atoms with E-state index >= 15 is 0 Å². The third-order valence-electron chi connectivity index (χ3n) is 8.30. The predicted molar refractivity (Wildman–Crippen MR) is 155 cm³/mol. The molecule has 0 spiro atoms. The van der Waals surface area contributed by atoms with Crippen molar-refractivity contribution in [3.8, 4) is 11.5 Å². The molecule has 3 aliphatic rings. The van der Waals surface area contributed by atoms with Crippen LogP contribution in [0.15, 0.2) is 71.1 Å². The Balaban J connectivity index is 1.63. The van der Waals surface area contributed by atoms with Crippen LogP contribution >= 0.6 is 0 Å². The minimum atomic E-state index is -0.423. The number of ether oxygens (including phenoxy) is 3. The molecule has 6 heteroatoms. The van der Waals surface area contributed by atoms with Gasteiger partial charge in [-0.3, -0.25) is 9.59 Å². The molecule has 1 aliphatic heterocycles. The van der Waals surface area contributed by atoms with E-state index in [2.05, 4.69) is 32.6 Å². The summed E-state index contributed by atoms with van der Waals surface area (Å²) in [7, 11) is 3.32. The molecule has 0 amide bonds. The number of carbonyl (C=O) groups is 2. The first-order chi connectivity index (χ1) is 19.0. The fourth-order valence-electron chi connectivity index (χ4n) is 6.55. The van der Waals surface area contributed by atoms with Crippen molar-refractivity contribution in [2.45, 2.75) is 65.9 Å². The Bertz CT molecular complexity index is 1310. The van der Waals surface area contributed by atoms with Crippen molar-refractivity contribution in [2.75, 3.05) is 27.4 Å². The van der Waals surface area contributed by atoms with E-state index in [1.54, 1.807) is 14.2 Å². The monoisotopic (exact) mass is 543 g/mol. The molecule has 0 saturated heterocycles. The van der Waals surface area contributed by atoms with Gasteiger partial charge in [-0.1, -0.05) is 64.1 Å². The number of benzene rings is 2. The van der Waals surface area contributed by atoms with Crippen LogP contribution in [0.1, 0.15) is 70.4 Å². The summed E-state index contributed by atoms with van der Waals surface area (Å²) in [5.74, 6) is 1.03. The standard InChI is InChI=1S/C34H41NO5/c1-33(2)17-24-31(26(36)19-33)30(32-25(35(24)14-15-38-5)18-34(3,4)20-27(32)37)23-12-13-28(29(16-23)39-6)40-21-22-10-8-7-9-11-22/h7-13,16,30H,14-15,17-21H2,1-6H3. The number of methoxy groups -OCH3 is 2. The highest BCUT2D eigenvalue weighted by molar-refractivity contribution is 6.06. The summed E-state index contributed by atoms with van der Waals surface area (Å²) in [5, 5.41) is 0. The fourth-order valence-corrected chi connectivity index (χ4v) is 6.55. The molecule has 0 radical (unpaired) electrons. The highest BCUT2D eigenvalue weighted by Crippen LogP contribution is 2.54. The predicted octanol–water partition coefficient (Wildman–Crippen LogP) is 6.61. The van der Waals surface area contributed by atoms with Crippen molar-refractivity contribution in [1.82, 2.24) is 4.90 Å². The third-order valence-corrected chi connectivity index (χ3v) is 8.30. The molecule has 2 aromatic rings. The molecule has 1 heterocycles. The van der Waals surface area contributed by atoms with Gasteiger partial charge in [-0.2, -0.15) is 0 Å². The van der Waals surface area contributed by atoms with Gasteiger partial charge >= 0.3 is 0 Å². The molecule has 212 valence electrons. The molecule has 2 aliphatic carbocycles. The SMILES string of the molecule is COCCN1C2=C(C(=O)CC(C)(C)C2)C(c2ccc(OCc3ccccc3)c(OC)c2)C2=C1CC(C)(C)CC2=O. The summed E-state index contributed by atoms with van der Waals surface area (Å²) in [4.78, 5) is 30.1. The van der Waals surface area contributed by atoms with Crippen molar-refractivity contribution >= 4 is 11.6 Å². The number of hydrogen-bond acceptors (Lipinski definition) is 6. The Hall–Kier alpha value is -3.38. The quantitative estimate of drug-likeness (QED) is 0.374. The highest BCUT2D eigenvalue weighted by Gasteiger charge is 2.49. The van der Waals surface area contributed by atoms with E-state index in [0.29, 0.717) is 44.1 Å². The van der Waals surface area contributed by atoms with E-state index in [0.717, 1.165) is 46.5 Å². The molecule has 0 aromatic heterocycles. The van der Waals surface area contributed by atoms with Crippen molar-refractivity contribution in [2.24, 2.45) is 10.8 Å². The summed E-state index contributed by atoms with van der Waals surface area (Å²) in [6.45, 7) is 10.2. The number of carbonyl (C=O) groups excluding carboxylic acids is 2. The van der Waals surface area contributed by atoms with Gasteiger partial charge in [0.2, 0.25) is 0 Å². The van der Waals surface area contributed by atoms with E-state index in [1.165, 1.54) is 0 Å². The van der Waals surface area contributed by atoms with Gasteiger partial charge in [0.25, 0.3) is 0 Å². The van der Waals surface area contributed by atoms with E-state index in [1.807, 2.05) is 48.5 Å². The maximum Gasteiger partial charge on any atom is 0.162 e. The fraction of sp³-hybridized carbons (Fsp3) is 0.471. The maximum absolute atomic E-state index is 13.9.